The molecule has 0 aliphatic heterocycles. The van der Waals surface area contributed by atoms with Gasteiger partial charge in [-0.05, 0) is 37.6 Å². The molecule has 1 unspecified atom stereocenters. The molecule has 1 amide bonds. The van der Waals surface area contributed by atoms with E-state index in [9.17, 15) is 4.79 Å². The van der Waals surface area contributed by atoms with E-state index in [4.69, 9.17) is 22.1 Å². The molecule has 5 heteroatoms. The minimum atomic E-state index is -0.234. The summed E-state index contributed by atoms with van der Waals surface area (Å²) in [5, 5.41) is 3.48. The van der Waals surface area contributed by atoms with Crippen LogP contribution >= 0.6 is 11.6 Å². The molecule has 1 atom stereocenters. The summed E-state index contributed by atoms with van der Waals surface area (Å²) in [6, 6.07) is 5.33. The van der Waals surface area contributed by atoms with Gasteiger partial charge in [0, 0.05) is 23.9 Å². The normalized spacial score (nSPS) is 12.2. The van der Waals surface area contributed by atoms with Crippen LogP contribution in [0.25, 0.3) is 0 Å². The van der Waals surface area contributed by atoms with Gasteiger partial charge in [0.15, 0.2) is 0 Å². The topological polar surface area (TPSA) is 64.3 Å². The van der Waals surface area contributed by atoms with Crippen LogP contribution in [-0.4, -0.2) is 25.2 Å². The number of rotatable bonds is 6. The van der Waals surface area contributed by atoms with E-state index in [1.165, 1.54) is 0 Å². The Hall–Kier alpha value is -1.10. The molecule has 1 aromatic rings. The van der Waals surface area contributed by atoms with E-state index >= 15 is 0 Å². The highest BCUT2D eigenvalue weighted by atomic mass is 35.5. The van der Waals surface area contributed by atoms with Crippen molar-refractivity contribution in [3.63, 3.8) is 0 Å². The number of nitrogens with two attached hydrogens (primary N) is 1. The maximum Gasteiger partial charge on any atom is 0.227 e. The van der Waals surface area contributed by atoms with Crippen LogP contribution in [0.5, 0.6) is 0 Å². The Morgan fingerprint density at radius 3 is 2.83 bits per heavy atom. The van der Waals surface area contributed by atoms with Crippen LogP contribution < -0.4 is 11.1 Å². The van der Waals surface area contributed by atoms with E-state index < -0.39 is 0 Å². The number of carbonyl (C=O) groups excluding carboxylic acids is 1. The number of ether oxygens (including phenoxy) is 1. The Labute approximate surface area is 112 Å². The van der Waals surface area contributed by atoms with E-state index in [-0.39, 0.29) is 18.4 Å². The number of carbonyl (C=O) groups is 1. The second kappa shape index (κ2) is 7.36. The monoisotopic (exact) mass is 270 g/mol. The molecular formula is C13H19ClN2O2. The van der Waals surface area contributed by atoms with Crippen molar-refractivity contribution in [2.75, 3.05) is 18.5 Å². The summed E-state index contributed by atoms with van der Waals surface area (Å²) in [6.07, 6.45) is 0.0227. The summed E-state index contributed by atoms with van der Waals surface area (Å²) < 4.78 is 5.34. The fourth-order valence-corrected chi connectivity index (χ4v) is 1.85. The van der Waals surface area contributed by atoms with Gasteiger partial charge in [0.25, 0.3) is 0 Å². The van der Waals surface area contributed by atoms with Crippen LogP contribution in [0.3, 0.4) is 0 Å². The highest BCUT2D eigenvalue weighted by Crippen LogP contribution is 2.19. The third-order valence-corrected chi connectivity index (χ3v) is 2.78. The zero-order valence-corrected chi connectivity index (χ0v) is 11.5. The Bertz CT molecular complexity index is 410. The molecule has 18 heavy (non-hydrogen) atoms. The second-order valence-corrected chi connectivity index (χ2v) is 4.46. The highest BCUT2D eigenvalue weighted by molar-refractivity contribution is 6.30. The SMILES string of the molecule is CCOC(CN)CC(=O)Nc1ccc(Cl)cc1C. The van der Waals surface area contributed by atoms with Crippen LogP contribution in [0.15, 0.2) is 18.2 Å². The zero-order chi connectivity index (χ0) is 13.5. The molecule has 0 radical (unpaired) electrons. The highest BCUT2D eigenvalue weighted by Gasteiger charge is 2.13. The van der Waals surface area contributed by atoms with Crippen molar-refractivity contribution in [3.8, 4) is 0 Å². The molecule has 0 fully saturated rings. The van der Waals surface area contributed by atoms with E-state index in [1.54, 1.807) is 18.2 Å². The van der Waals surface area contributed by atoms with Crippen molar-refractivity contribution < 1.29 is 9.53 Å². The molecule has 0 aliphatic carbocycles. The first-order valence-electron chi connectivity index (χ1n) is 5.94. The van der Waals surface area contributed by atoms with Gasteiger partial charge in [-0.25, -0.2) is 0 Å². The van der Waals surface area contributed by atoms with Crippen molar-refractivity contribution >= 4 is 23.2 Å². The Balaban J connectivity index is 2.58. The second-order valence-electron chi connectivity index (χ2n) is 4.02. The van der Waals surface area contributed by atoms with E-state index in [0.717, 1.165) is 11.3 Å². The quantitative estimate of drug-likeness (QED) is 0.834. The van der Waals surface area contributed by atoms with E-state index in [0.29, 0.717) is 18.2 Å². The fraction of sp³-hybridized carbons (Fsp3) is 0.462. The van der Waals surface area contributed by atoms with Gasteiger partial charge in [0.1, 0.15) is 0 Å². The number of hydrogen-bond donors (Lipinski definition) is 2. The largest absolute Gasteiger partial charge is 0.377 e. The van der Waals surface area contributed by atoms with Crippen LogP contribution in [0, 0.1) is 6.92 Å². The number of benzene rings is 1. The Morgan fingerprint density at radius 1 is 1.56 bits per heavy atom. The van der Waals surface area contributed by atoms with E-state index in [2.05, 4.69) is 5.32 Å². The smallest absolute Gasteiger partial charge is 0.227 e. The average molecular weight is 271 g/mol. The first kappa shape index (κ1) is 15.0. The lowest BCUT2D eigenvalue weighted by Gasteiger charge is -2.15. The Morgan fingerprint density at radius 2 is 2.28 bits per heavy atom. The maximum absolute atomic E-state index is 11.8. The molecule has 0 aromatic heterocycles. The van der Waals surface area contributed by atoms with Crippen molar-refractivity contribution in [3.05, 3.63) is 28.8 Å². The lowest BCUT2D eigenvalue weighted by molar-refractivity contribution is -0.118. The molecule has 0 saturated carbocycles. The standard InChI is InChI=1S/C13H19ClN2O2/c1-3-18-11(8-15)7-13(17)16-12-5-4-10(14)6-9(12)2/h4-6,11H,3,7-8,15H2,1-2H3,(H,16,17). The first-order valence-corrected chi connectivity index (χ1v) is 6.32. The summed E-state index contributed by atoms with van der Waals surface area (Å²) in [4.78, 5) is 11.8. The number of halogens is 1. The first-order chi connectivity index (χ1) is 8.56. The lowest BCUT2D eigenvalue weighted by Crippen LogP contribution is -2.29. The summed E-state index contributed by atoms with van der Waals surface area (Å²) in [5.74, 6) is -0.107. The molecule has 0 aliphatic rings. The summed E-state index contributed by atoms with van der Waals surface area (Å²) in [7, 11) is 0. The van der Waals surface area contributed by atoms with Crippen LogP contribution in [0.2, 0.25) is 5.02 Å². The van der Waals surface area contributed by atoms with Gasteiger partial charge in [0.05, 0.1) is 12.5 Å². The van der Waals surface area contributed by atoms with Crippen LogP contribution in [-0.2, 0) is 9.53 Å². The maximum atomic E-state index is 11.8. The summed E-state index contributed by atoms with van der Waals surface area (Å²) in [6.45, 7) is 4.66. The van der Waals surface area contributed by atoms with Crippen LogP contribution in [0.4, 0.5) is 5.69 Å². The van der Waals surface area contributed by atoms with Gasteiger partial charge < -0.3 is 15.8 Å². The number of amides is 1. The molecule has 0 spiro atoms. The van der Waals surface area contributed by atoms with Crippen molar-refractivity contribution in [1.29, 1.82) is 0 Å². The summed E-state index contributed by atoms with van der Waals surface area (Å²) >= 11 is 5.85. The van der Waals surface area contributed by atoms with Crippen molar-refractivity contribution in [1.82, 2.24) is 0 Å². The van der Waals surface area contributed by atoms with Gasteiger partial charge in [-0.2, -0.15) is 0 Å². The number of anilines is 1. The fourth-order valence-electron chi connectivity index (χ4n) is 1.62. The minimum absolute atomic E-state index is 0.107. The van der Waals surface area contributed by atoms with Gasteiger partial charge in [-0.3, -0.25) is 4.79 Å². The van der Waals surface area contributed by atoms with Crippen molar-refractivity contribution in [2.24, 2.45) is 5.73 Å². The third-order valence-electron chi connectivity index (χ3n) is 2.54. The molecule has 0 heterocycles. The predicted octanol–water partition coefficient (Wildman–Crippen LogP) is 2.34. The number of nitrogens with one attached hydrogen (secondary N) is 1. The Kier molecular flexibility index (Phi) is 6.12. The van der Waals surface area contributed by atoms with Gasteiger partial charge in [-0.15, -0.1) is 0 Å². The number of aryl methyl sites for hydroxylation is 1. The minimum Gasteiger partial charge on any atom is -0.377 e. The van der Waals surface area contributed by atoms with Gasteiger partial charge in [0.2, 0.25) is 5.91 Å². The molecule has 100 valence electrons. The molecular weight excluding hydrogens is 252 g/mol. The molecule has 4 nitrogen and oxygen atoms in total. The van der Waals surface area contributed by atoms with Gasteiger partial charge >= 0.3 is 0 Å². The molecule has 0 saturated heterocycles. The van der Waals surface area contributed by atoms with Crippen molar-refractivity contribution in [2.45, 2.75) is 26.4 Å². The van der Waals surface area contributed by atoms with Gasteiger partial charge in [-0.1, -0.05) is 11.6 Å². The summed E-state index contributed by atoms with van der Waals surface area (Å²) in [5.41, 5.74) is 7.22. The van der Waals surface area contributed by atoms with E-state index in [1.807, 2.05) is 13.8 Å². The zero-order valence-electron chi connectivity index (χ0n) is 10.7. The third kappa shape index (κ3) is 4.64. The molecule has 1 aromatic carbocycles. The molecule has 3 N–H and O–H groups in total. The predicted molar refractivity (Wildman–Crippen MR) is 73.9 cm³/mol. The number of hydrogen-bond acceptors (Lipinski definition) is 3. The molecule has 0 bridgehead atoms. The molecule has 1 rings (SSSR count). The lowest BCUT2D eigenvalue weighted by atomic mass is 10.2. The van der Waals surface area contributed by atoms with Crippen LogP contribution in [0.1, 0.15) is 18.9 Å². The average Bonchev–Trinajstić information content (AvgIpc) is 2.32.